The van der Waals surface area contributed by atoms with Crippen LogP contribution in [0, 0.1) is 0 Å². The van der Waals surface area contributed by atoms with E-state index in [2.05, 4.69) is 4.89 Å². The van der Waals surface area contributed by atoms with Crippen molar-refractivity contribution in [2.45, 2.75) is 17.7 Å². The summed E-state index contributed by atoms with van der Waals surface area (Å²) in [6.07, 6.45) is 2.91. The minimum Gasteiger partial charge on any atom is -0.469 e. The number of aryl methyl sites for hydroxylation is 1. The summed E-state index contributed by atoms with van der Waals surface area (Å²) in [5, 5.41) is 0.152. The maximum Gasteiger partial charge on any atom is 0.263 e. The Morgan fingerprint density at radius 2 is 2.00 bits per heavy atom. The van der Waals surface area contributed by atoms with Crippen LogP contribution >= 0.6 is 11.6 Å². The van der Waals surface area contributed by atoms with Crippen molar-refractivity contribution in [2.24, 2.45) is 0 Å². The van der Waals surface area contributed by atoms with Crippen LogP contribution in [0.2, 0.25) is 5.02 Å². The summed E-state index contributed by atoms with van der Waals surface area (Å²) in [6.45, 7) is 0.240. The second-order valence-corrected chi connectivity index (χ2v) is 6.07. The average molecular weight is 316 g/mol. The maximum absolute atomic E-state index is 11.9. The quantitative estimate of drug-likeness (QED) is 0.630. The number of nitrogens with one attached hydrogen (secondary N) is 1. The van der Waals surface area contributed by atoms with E-state index >= 15 is 0 Å². The van der Waals surface area contributed by atoms with E-state index in [0.717, 1.165) is 5.76 Å². The third-order valence-electron chi connectivity index (χ3n) is 2.54. The van der Waals surface area contributed by atoms with E-state index in [1.54, 1.807) is 24.5 Å². The SMILES string of the molecule is O=S(=O)(NOCCCc1ccco1)c1ccccc1Cl. The number of furan rings is 1. The highest BCUT2D eigenvalue weighted by Gasteiger charge is 2.17. The standard InChI is InChI=1S/C13H14ClNO4S/c14-12-7-1-2-8-13(12)20(16,17)15-19-10-4-6-11-5-3-9-18-11/h1-3,5,7-9,15H,4,6,10H2. The van der Waals surface area contributed by atoms with Crippen molar-refractivity contribution in [2.75, 3.05) is 6.61 Å². The van der Waals surface area contributed by atoms with Crippen LogP contribution in [0.5, 0.6) is 0 Å². The second-order valence-electron chi connectivity index (χ2n) is 4.05. The molecule has 0 aliphatic rings. The van der Waals surface area contributed by atoms with Gasteiger partial charge < -0.3 is 4.42 Å². The molecule has 0 radical (unpaired) electrons. The third-order valence-corrected chi connectivity index (χ3v) is 4.26. The molecule has 0 atom stereocenters. The fraction of sp³-hybridized carbons (Fsp3) is 0.231. The van der Waals surface area contributed by atoms with Crippen molar-refractivity contribution in [3.8, 4) is 0 Å². The van der Waals surface area contributed by atoms with Crippen molar-refractivity contribution in [1.82, 2.24) is 4.89 Å². The highest BCUT2D eigenvalue weighted by atomic mass is 35.5. The summed E-state index contributed by atoms with van der Waals surface area (Å²) in [6, 6.07) is 9.83. The van der Waals surface area contributed by atoms with Gasteiger partial charge >= 0.3 is 0 Å². The van der Waals surface area contributed by atoms with Crippen LogP contribution in [0.4, 0.5) is 0 Å². The minimum absolute atomic E-state index is 0.00676. The molecule has 1 aromatic carbocycles. The monoisotopic (exact) mass is 315 g/mol. The molecular weight excluding hydrogens is 302 g/mol. The van der Waals surface area contributed by atoms with Gasteiger partial charge in [0.2, 0.25) is 0 Å². The number of rotatable bonds is 7. The molecular formula is C13H14ClNO4S. The van der Waals surface area contributed by atoms with E-state index < -0.39 is 10.0 Å². The molecule has 0 aliphatic carbocycles. The van der Waals surface area contributed by atoms with Gasteiger partial charge in [-0.15, -0.1) is 0 Å². The normalized spacial score (nSPS) is 11.7. The molecule has 20 heavy (non-hydrogen) atoms. The highest BCUT2D eigenvalue weighted by molar-refractivity contribution is 7.89. The third kappa shape index (κ3) is 4.08. The zero-order valence-electron chi connectivity index (χ0n) is 10.6. The van der Waals surface area contributed by atoms with Crippen LogP contribution in [0.3, 0.4) is 0 Å². The Morgan fingerprint density at radius 3 is 2.70 bits per heavy atom. The average Bonchev–Trinajstić information content (AvgIpc) is 2.91. The number of hydrogen-bond acceptors (Lipinski definition) is 4. The Kier molecular flexibility index (Phi) is 5.19. The predicted octanol–water partition coefficient (Wildman–Crippen LogP) is 2.78. The van der Waals surface area contributed by atoms with Gasteiger partial charge in [0.25, 0.3) is 10.0 Å². The zero-order chi connectivity index (χ0) is 14.4. The molecule has 0 saturated heterocycles. The Bertz CT molecular complexity index is 640. The molecule has 0 aliphatic heterocycles. The summed E-state index contributed by atoms with van der Waals surface area (Å²) in [4.78, 5) is 7.01. The first-order chi connectivity index (χ1) is 9.59. The van der Waals surface area contributed by atoms with Crippen molar-refractivity contribution in [3.63, 3.8) is 0 Å². The van der Waals surface area contributed by atoms with Gasteiger partial charge in [-0.3, -0.25) is 4.84 Å². The van der Waals surface area contributed by atoms with E-state index in [1.807, 2.05) is 6.07 Å². The van der Waals surface area contributed by atoms with Gasteiger partial charge in [0.1, 0.15) is 10.7 Å². The van der Waals surface area contributed by atoms with Crippen LogP contribution < -0.4 is 4.89 Å². The molecule has 0 amide bonds. The summed E-state index contributed by atoms with van der Waals surface area (Å²) < 4.78 is 29.0. The molecule has 0 unspecified atom stereocenters. The second kappa shape index (κ2) is 6.90. The molecule has 0 bridgehead atoms. The van der Waals surface area contributed by atoms with Crippen molar-refractivity contribution in [1.29, 1.82) is 0 Å². The van der Waals surface area contributed by atoms with Gasteiger partial charge in [0.05, 0.1) is 17.9 Å². The van der Waals surface area contributed by atoms with E-state index in [-0.39, 0.29) is 16.5 Å². The first kappa shape index (κ1) is 15.1. The lowest BCUT2D eigenvalue weighted by Crippen LogP contribution is -2.25. The fourth-order valence-corrected chi connectivity index (χ4v) is 2.95. The van der Waals surface area contributed by atoms with Crippen molar-refractivity contribution < 1.29 is 17.7 Å². The number of benzene rings is 1. The van der Waals surface area contributed by atoms with Crippen LogP contribution in [-0.2, 0) is 21.3 Å². The highest BCUT2D eigenvalue weighted by Crippen LogP contribution is 2.19. The van der Waals surface area contributed by atoms with Crippen molar-refractivity contribution in [3.05, 3.63) is 53.4 Å². The molecule has 0 fully saturated rings. The van der Waals surface area contributed by atoms with Crippen LogP contribution in [-0.4, -0.2) is 15.0 Å². The molecule has 1 N–H and O–H groups in total. The number of sulfonamides is 1. The van der Waals surface area contributed by atoms with Crippen LogP contribution in [0.25, 0.3) is 0 Å². The lowest BCUT2D eigenvalue weighted by molar-refractivity contribution is 0.0905. The van der Waals surface area contributed by atoms with Crippen molar-refractivity contribution >= 4 is 21.6 Å². The maximum atomic E-state index is 11.9. The molecule has 1 heterocycles. The van der Waals surface area contributed by atoms with Crippen LogP contribution in [0.15, 0.2) is 52.0 Å². The molecule has 5 nitrogen and oxygen atoms in total. The summed E-state index contributed by atoms with van der Waals surface area (Å²) in [7, 11) is -3.75. The Hall–Kier alpha value is -1.34. The van der Waals surface area contributed by atoms with E-state index in [4.69, 9.17) is 20.9 Å². The van der Waals surface area contributed by atoms with Gasteiger partial charge in [0.15, 0.2) is 0 Å². The van der Waals surface area contributed by atoms with Gasteiger partial charge in [0, 0.05) is 6.42 Å². The van der Waals surface area contributed by atoms with E-state index in [0.29, 0.717) is 12.8 Å². The molecule has 7 heteroatoms. The summed E-state index contributed by atoms with van der Waals surface area (Å²) in [5.41, 5.74) is 0. The first-order valence-electron chi connectivity index (χ1n) is 6.00. The summed E-state index contributed by atoms with van der Waals surface area (Å²) in [5.74, 6) is 0.836. The van der Waals surface area contributed by atoms with Gasteiger partial charge in [-0.05, 0) is 30.7 Å². The molecule has 1 aromatic heterocycles. The Labute approximate surface area is 122 Å². The van der Waals surface area contributed by atoms with Gasteiger partial charge in [-0.1, -0.05) is 28.6 Å². The zero-order valence-corrected chi connectivity index (χ0v) is 12.2. The lowest BCUT2D eigenvalue weighted by Gasteiger charge is -2.08. The molecule has 2 rings (SSSR count). The van der Waals surface area contributed by atoms with Gasteiger partial charge in [-0.25, -0.2) is 8.42 Å². The van der Waals surface area contributed by atoms with Crippen LogP contribution in [0.1, 0.15) is 12.2 Å². The smallest absolute Gasteiger partial charge is 0.263 e. The van der Waals surface area contributed by atoms with Gasteiger partial charge in [-0.2, -0.15) is 0 Å². The lowest BCUT2D eigenvalue weighted by atomic mass is 10.3. The molecule has 0 spiro atoms. The molecule has 108 valence electrons. The fourth-order valence-electron chi connectivity index (χ4n) is 1.60. The first-order valence-corrected chi connectivity index (χ1v) is 7.86. The Balaban J connectivity index is 1.80. The van der Waals surface area contributed by atoms with E-state index in [1.165, 1.54) is 12.1 Å². The minimum atomic E-state index is -3.75. The predicted molar refractivity (Wildman–Crippen MR) is 74.8 cm³/mol. The number of halogens is 1. The summed E-state index contributed by atoms with van der Waals surface area (Å²) >= 11 is 5.83. The molecule has 0 saturated carbocycles. The molecule has 2 aromatic rings. The van der Waals surface area contributed by atoms with E-state index in [9.17, 15) is 8.42 Å². The largest absolute Gasteiger partial charge is 0.469 e. The number of hydrogen-bond donors (Lipinski definition) is 1. The topological polar surface area (TPSA) is 68.5 Å². The Morgan fingerprint density at radius 1 is 1.20 bits per heavy atom.